The molecule has 0 fully saturated rings. The van der Waals surface area contributed by atoms with E-state index in [1.54, 1.807) is 11.0 Å². The molecule has 0 saturated heterocycles. The summed E-state index contributed by atoms with van der Waals surface area (Å²) in [4.78, 5) is 14.1. The van der Waals surface area contributed by atoms with E-state index in [1.165, 1.54) is 6.07 Å². The number of nitrogens with zero attached hydrogens (tertiary/aromatic N) is 1. The molecule has 1 heterocycles. The van der Waals surface area contributed by atoms with Crippen LogP contribution >= 0.6 is 0 Å². The van der Waals surface area contributed by atoms with Crippen LogP contribution in [0.25, 0.3) is 0 Å². The van der Waals surface area contributed by atoms with Crippen molar-refractivity contribution in [3.8, 4) is 0 Å². The predicted molar refractivity (Wildman–Crippen MR) is 82.1 cm³/mol. The van der Waals surface area contributed by atoms with Gasteiger partial charge in [-0.05, 0) is 43.5 Å². The summed E-state index contributed by atoms with van der Waals surface area (Å²) in [6, 6.07) is 14.0. The number of carbonyl (C=O) groups is 1. The van der Waals surface area contributed by atoms with Crippen molar-refractivity contribution in [3.05, 3.63) is 59.9 Å². The molecule has 1 N–H and O–H groups in total. The first-order valence-electron chi connectivity index (χ1n) is 7.16. The van der Waals surface area contributed by atoms with Gasteiger partial charge in [-0.25, -0.2) is 9.18 Å². The summed E-state index contributed by atoms with van der Waals surface area (Å²) < 4.78 is 14.0. The van der Waals surface area contributed by atoms with Gasteiger partial charge in [0, 0.05) is 17.8 Å². The Kier molecular flexibility index (Phi) is 3.86. The van der Waals surface area contributed by atoms with Crippen LogP contribution in [0.3, 0.4) is 0 Å². The third-order valence-electron chi connectivity index (χ3n) is 3.71. The van der Waals surface area contributed by atoms with Gasteiger partial charge in [0.15, 0.2) is 0 Å². The van der Waals surface area contributed by atoms with Crippen molar-refractivity contribution in [2.24, 2.45) is 0 Å². The van der Waals surface area contributed by atoms with Crippen LogP contribution < -0.4 is 10.2 Å². The lowest BCUT2D eigenvalue weighted by Crippen LogP contribution is -2.35. The summed E-state index contributed by atoms with van der Waals surface area (Å²) in [7, 11) is 0. The molecule has 1 aliphatic heterocycles. The van der Waals surface area contributed by atoms with Gasteiger partial charge >= 0.3 is 6.03 Å². The molecular weight excluding hydrogens is 267 g/mol. The molecular formula is C17H17FN2O. The van der Waals surface area contributed by atoms with Crippen LogP contribution in [0.2, 0.25) is 0 Å². The monoisotopic (exact) mass is 284 g/mol. The van der Waals surface area contributed by atoms with Crippen LogP contribution in [0.5, 0.6) is 0 Å². The van der Waals surface area contributed by atoms with Gasteiger partial charge < -0.3 is 5.32 Å². The lowest BCUT2D eigenvalue weighted by molar-refractivity contribution is 0.257. The zero-order valence-corrected chi connectivity index (χ0v) is 11.7. The molecule has 2 aromatic rings. The molecule has 108 valence electrons. The van der Waals surface area contributed by atoms with Gasteiger partial charge in [0.2, 0.25) is 0 Å². The second-order valence-electron chi connectivity index (χ2n) is 5.14. The zero-order valence-electron chi connectivity index (χ0n) is 11.7. The summed E-state index contributed by atoms with van der Waals surface area (Å²) in [6.45, 7) is 0.606. The van der Waals surface area contributed by atoms with Crippen molar-refractivity contribution in [3.63, 3.8) is 0 Å². The van der Waals surface area contributed by atoms with Crippen LogP contribution in [-0.2, 0) is 6.42 Å². The van der Waals surface area contributed by atoms with Crippen molar-refractivity contribution in [1.82, 2.24) is 0 Å². The number of anilines is 2. The number of urea groups is 1. The minimum atomic E-state index is -0.230. The summed E-state index contributed by atoms with van der Waals surface area (Å²) in [6.07, 6.45) is 2.44. The fourth-order valence-corrected chi connectivity index (χ4v) is 2.66. The molecule has 0 aromatic heterocycles. The molecule has 0 saturated carbocycles. The molecule has 0 atom stereocenters. The molecule has 21 heavy (non-hydrogen) atoms. The fourth-order valence-electron chi connectivity index (χ4n) is 2.66. The summed E-state index contributed by atoms with van der Waals surface area (Å²) in [5.41, 5.74) is 2.06. The van der Waals surface area contributed by atoms with Gasteiger partial charge in [-0.15, -0.1) is 0 Å². The average molecular weight is 284 g/mol. The lowest BCUT2D eigenvalue weighted by atomic mass is 10.1. The molecule has 2 aromatic carbocycles. The lowest BCUT2D eigenvalue weighted by Gasteiger charge is -2.23. The number of fused-ring (bicyclic) bond motifs is 1. The van der Waals surface area contributed by atoms with E-state index in [0.717, 1.165) is 18.5 Å². The first kappa shape index (κ1) is 13.6. The quantitative estimate of drug-likeness (QED) is 0.836. The number of halogens is 1. The molecule has 1 aliphatic rings. The number of amides is 2. The Morgan fingerprint density at radius 1 is 1.05 bits per heavy atom. The standard InChI is InChI=1S/C17H17FN2O/c18-15-10-6-11-16-14(15)9-4-5-12-20(16)17(21)19-13-7-2-1-3-8-13/h1-3,6-8,10-11H,4-5,9,12H2,(H,19,21). The summed E-state index contributed by atoms with van der Waals surface area (Å²) in [5.74, 6) is -0.230. The largest absolute Gasteiger partial charge is 0.326 e. The number of hydrogen-bond acceptors (Lipinski definition) is 1. The highest BCUT2D eigenvalue weighted by Crippen LogP contribution is 2.29. The maximum absolute atomic E-state index is 14.0. The van der Waals surface area contributed by atoms with Gasteiger partial charge in [0.25, 0.3) is 0 Å². The van der Waals surface area contributed by atoms with Gasteiger partial charge in [-0.3, -0.25) is 4.90 Å². The maximum atomic E-state index is 14.0. The second kappa shape index (κ2) is 5.95. The van der Waals surface area contributed by atoms with E-state index < -0.39 is 0 Å². The van der Waals surface area contributed by atoms with Crippen LogP contribution in [0.1, 0.15) is 18.4 Å². The van der Waals surface area contributed by atoms with Crippen molar-refractivity contribution in [1.29, 1.82) is 0 Å². The minimum absolute atomic E-state index is 0.213. The molecule has 3 nitrogen and oxygen atoms in total. The van der Waals surface area contributed by atoms with E-state index in [0.29, 0.717) is 24.2 Å². The number of rotatable bonds is 1. The van der Waals surface area contributed by atoms with E-state index in [1.807, 2.05) is 36.4 Å². The van der Waals surface area contributed by atoms with E-state index in [2.05, 4.69) is 5.32 Å². The van der Waals surface area contributed by atoms with Crippen LogP contribution in [0, 0.1) is 5.82 Å². The van der Waals surface area contributed by atoms with Gasteiger partial charge in [0.1, 0.15) is 5.82 Å². The van der Waals surface area contributed by atoms with E-state index in [4.69, 9.17) is 0 Å². The Morgan fingerprint density at radius 2 is 1.86 bits per heavy atom. The number of para-hydroxylation sites is 1. The molecule has 0 aliphatic carbocycles. The van der Waals surface area contributed by atoms with Crippen molar-refractivity contribution in [2.75, 3.05) is 16.8 Å². The minimum Gasteiger partial charge on any atom is -0.308 e. The maximum Gasteiger partial charge on any atom is 0.326 e. The molecule has 4 heteroatoms. The highest BCUT2D eigenvalue weighted by molar-refractivity contribution is 6.02. The first-order valence-corrected chi connectivity index (χ1v) is 7.16. The Bertz CT molecular complexity index is 642. The molecule has 3 rings (SSSR count). The van der Waals surface area contributed by atoms with Gasteiger partial charge in [0.05, 0.1) is 5.69 Å². The highest BCUT2D eigenvalue weighted by atomic mass is 19.1. The smallest absolute Gasteiger partial charge is 0.308 e. The topological polar surface area (TPSA) is 32.3 Å². The van der Waals surface area contributed by atoms with E-state index in [9.17, 15) is 9.18 Å². The van der Waals surface area contributed by atoms with Crippen molar-refractivity contribution >= 4 is 17.4 Å². The Labute approximate surface area is 123 Å². The van der Waals surface area contributed by atoms with Crippen LogP contribution in [0.4, 0.5) is 20.6 Å². The average Bonchev–Trinajstić information content (AvgIpc) is 2.72. The summed E-state index contributed by atoms with van der Waals surface area (Å²) in [5, 5.41) is 2.86. The Balaban J connectivity index is 1.88. The zero-order chi connectivity index (χ0) is 14.7. The SMILES string of the molecule is O=C(Nc1ccccc1)N1CCCCc2c(F)cccc21. The normalized spacial score (nSPS) is 14.2. The molecule has 0 spiro atoms. The fraction of sp³-hybridized carbons (Fsp3) is 0.235. The van der Waals surface area contributed by atoms with Gasteiger partial charge in [-0.1, -0.05) is 24.3 Å². The third kappa shape index (κ3) is 2.89. The Hall–Kier alpha value is -2.36. The van der Waals surface area contributed by atoms with Crippen LogP contribution in [-0.4, -0.2) is 12.6 Å². The molecule has 0 unspecified atom stereocenters. The first-order chi connectivity index (χ1) is 10.3. The highest BCUT2D eigenvalue weighted by Gasteiger charge is 2.23. The molecule has 2 amide bonds. The van der Waals surface area contributed by atoms with Gasteiger partial charge in [-0.2, -0.15) is 0 Å². The van der Waals surface area contributed by atoms with Crippen molar-refractivity contribution in [2.45, 2.75) is 19.3 Å². The third-order valence-corrected chi connectivity index (χ3v) is 3.71. The number of nitrogens with one attached hydrogen (secondary N) is 1. The number of benzene rings is 2. The van der Waals surface area contributed by atoms with Crippen molar-refractivity contribution < 1.29 is 9.18 Å². The molecule has 0 radical (unpaired) electrons. The number of carbonyl (C=O) groups excluding carboxylic acids is 1. The van der Waals surface area contributed by atoms with Crippen LogP contribution in [0.15, 0.2) is 48.5 Å². The number of hydrogen-bond donors (Lipinski definition) is 1. The molecule has 0 bridgehead atoms. The van der Waals surface area contributed by atoms with E-state index in [-0.39, 0.29) is 11.8 Å². The van der Waals surface area contributed by atoms with E-state index >= 15 is 0 Å². The second-order valence-corrected chi connectivity index (χ2v) is 5.14. The summed E-state index contributed by atoms with van der Waals surface area (Å²) >= 11 is 0. The Morgan fingerprint density at radius 3 is 2.67 bits per heavy atom. The predicted octanol–water partition coefficient (Wildman–Crippen LogP) is 4.20.